The van der Waals surface area contributed by atoms with Gasteiger partial charge in [0.2, 0.25) is 11.9 Å². The number of anilines is 1. The van der Waals surface area contributed by atoms with Gasteiger partial charge < -0.3 is 15.0 Å². The van der Waals surface area contributed by atoms with E-state index in [2.05, 4.69) is 15.2 Å². The monoisotopic (exact) mass is 481 g/mol. The van der Waals surface area contributed by atoms with Crippen LogP contribution in [0.3, 0.4) is 0 Å². The lowest BCUT2D eigenvalue weighted by atomic mass is 9.94. The highest BCUT2D eigenvalue weighted by Gasteiger charge is 2.28. The molecule has 184 valence electrons. The van der Waals surface area contributed by atoms with Gasteiger partial charge in [-0.05, 0) is 68.1 Å². The maximum atomic E-state index is 13.3. The van der Waals surface area contributed by atoms with Crippen LogP contribution in [0.25, 0.3) is 10.9 Å². The van der Waals surface area contributed by atoms with Gasteiger partial charge in [-0.25, -0.2) is 9.97 Å². The lowest BCUT2D eigenvalue weighted by Gasteiger charge is -2.32. The lowest BCUT2D eigenvalue weighted by molar-refractivity contribution is -0.126. The number of aromatic nitrogens is 3. The van der Waals surface area contributed by atoms with Crippen molar-refractivity contribution in [3.8, 4) is 5.75 Å². The summed E-state index contributed by atoms with van der Waals surface area (Å²) in [7, 11) is 0. The molecule has 1 amide bonds. The Balaban J connectivity index is 1.27. The molecule has 7 nitrogen and oxygen atoms in total. The van der Waals surface area contributed by atoms with E-state index >= 15 is 0 Å². The summed E-state index contributed by atoms with van der Waals surface area (Å²) in [5.41, 5.74) is 3.92. The molecule has 0 aliphatic carbocycles. The topological polar surface area (TPSA) is 80.2 Å². The number of carbonyl (C=O) groups excluding carboxylic acids is 1. The zero-order valence-corrected chi connectivity index (χ0v) is 20.7. The molecule has 1 atom stereocenters. The van der Waals surface area contributed by atoms with E-state index in [4.69, 9.17) is 14.7 Å². The van der Waals surface area contributed by atoms with E-state index in [1.165, 1.54) is 0 Å². The van der Waals surface area contributed by atoms with Crippen molar-refractivity contribution >= 4 is 22.8 Å². The van der Waals surface area contributed by atoms with Gasteiger partial charge in [0.25, 0.3) is 0 Å². The van der Waals surface area contributed by atoms with Crippen LogP contribution in [-0.2, 0) is 4.79 Å². The Kier molecular flexibility index (Phi) is 7.07. The van der Waals surface area contributed by atoms with E-state index in [0.29, 0.717) is 6.61 Å². The summed E-state index contributed by atoms with van der Waals surface area (Å²) in [4.78, 5) is 29.2. The van der Waals surface area contributed by atoms with E-state index < -0.39 is 0 Å². The van der Waals surface area contributed by atoms with Crippen LogP contribution in [0.1, 0.15) is 42.6 Å². The van der Waals surface area contributed by atoms with Crippen LogP contribution in [0.5, 0.6) is 5.75 Å². The number of pyridine rings is 1. The molecule has 1 aliphatic heterocycles. The minimum absolute atomic E-state index is 0.0513. The molecule has 7 heteroatoms. The number of nitrogens with one attached hydrogen (secondary N) is 1. The number of rotatable bonds is 7. The van der Waals surface area contributed by atoms with Crippen LogP contribution in [0.2, 0.25) is 0 Å². The highest BCUT2D eigenvalue weighted by molar-refractivity contribution is 5.83. The van der Waals surface area contributed by atoms with E-state index in [0.717, 1.165) is 65.4 Å². The minimum Gasteiger partial charge on any atom is -0.494 e. The highest BCUT2D eigenvalue weighted by Crippen LogP contribution is 2.28. The number of hydrogen-bond acceptors (Lipinski definition) is 6. The van der Waals surface area contributed by atoms with Crippen LogP contribution in [-0.4, -0.2) is 40.6 Å². The Morgan fingerprint density at radius 3 is 2.47 bits per heavy atom. The molecule has 0 saturated carbocycles. The van der Waals surface area contributed by atoms with Gasteiger partial charge in [0.05, 0.1) is 23.9 Å². The number of fused-ring (bicyclic) bond motifs is 1. The average Bonchev–Trinajstić information content (AvgIpc) is 2.93. The Bertz CT molecular complexity index is 1280. The van der Waals surface area contributed by atoms with Crippen molar-refractivity contribution in [2.75, 3.05) is 24.6 Å². The first-order valence-electron chi connectivity index (χ1n) is 12.5. The molecule has 36 heavy (non-hydrogen) atoms. The maximum absolute atomic E-state index is 13.3. The van der Waals surface area contributed by atoms with E-state index in [1.807, 2.05) is 74.5 Å². The van der Waals surface area contributed by atoms with Crippen LogP contribution in [0.4, 0.5) is 5.95 Å². The number of aryl methyl sites for hydroxylation is 1. The van der Waals surface area contributed by atoms with Crippen molar-refractivity contribution in [3.63, 3.8) is 0 Å². The van der Waals surface area contributed by atoms with Gasteiger partial charge in [-0.2, -0.15) is 0 Å². The second-order valence-electron chi connectivity index (χ2n) is 9.12. The molecule has 0 bridgehead atoms. The van der Waals surface area contributed by atoms with E-state index in [-0.39, 0.29) is 17.9 Å². The quantitative estimate of drug-likeness (QED) is 0.406. The van der Waals surface area contributed by atoms with Gasteiger partial charge in [-0.1, -0.05) is 30.3 Å². The molecule has 1 N–H and O–H groups in total. The predicted octanol–water partition coefficient (Wildman–Crippen LogP) is 4.85. The Morgan fingerprint density at radius 2 is 1.75 bits per heavy atom. The van der Waals surface area contributed by atoms with Gasteiger partial charge in [0.15, 0.2) is 0 Å². The SMILES string of the molecule is CCOc1ccc2nc(N3CCC(C(=O)N[C@@H](c4ccccc4)c4ccncc4)CC3)nc(C)c2c1. The van der Waals surface area contributed by atoms with E-state index in [9.17, 15) is 4.79 Å². The molecule has 1 fully saturated rings. The summed E-state index contributed by atoms with van der Waals surface area (Å²) in [6, 6.07) is 19.7. The molecule has 5 rings (SSSR count). The Hall–Kier alpha value is -4.00. The van der Waals surface area contributed by atoms with Gasteiger partial charge in [0.1, 0.15) is 5.75 Å². The third kappa shape index (κ3) is 5.15. The molecule has 2 aromatic carbocycles. The van der Waals surface area contributed by atoms with Crippen LogP contribution < -0.4 is 15.0 Å². The van der Waals surface area contributed by atoms with Crippen LogP contribution in [0, 0.1) is 12.8 Å². The summed E-state index contributed by atoms with van der Waals surface area (Å²) in [6.07, 6.45) is 5.04. The summed E-state index contributed by atoms with van der Waals surface area (Å²) in [5, 5.41) is 4.30. The fraction of sp³-hybridized carbons (Fsp3) is 0.310. The normalized spacial score (nSPS) is 15.0. The Morgan fingerprint density at radius 1 is 1.03 bits per heavy atom. The molecule has 0 radical (unpaired) electrons. The van der Waals surface area contributed by atoms with Gasteiger partial charge in [-0.15, -0.1) is 0 Å². The van der Waals surface area contributed by atoms with Crippen molar-refractivity contribution in [2.24, 2.45) is 5.92 Å². The minimum atomic E-state index is -0.201. The van der Waals surface area contributed by atoms with Gasteiger partial charge >= 0.3 is 0 Å². The fourth-order valence-corrected chi connectivity index (χ4v) is 4.81. The smallest absolute Gasteiger partial charge is 0.226 e. The number of benzene rings is 2. The highest BCUT2D eigenvalue weighted by atomic mass is 16.5. The van der Waals surface area contributed by atoms with Crippen molar-refractivity contribution in [1.29, 1.82) is 0 Å². The molecule has 3 heterocycles. The second kappa shape index (κ2) is 10.7. The Labute approximate surface area is 211 Å². The first-order valence-corrected chi connectivity index (χ1v) is 12.5. The van der Waals surface area contributed by atoms with E-state index in [1.54, 1.807) is 12.4 Å². The van der Waals surface area contributed by atoms with Crippen molar-refractivity contribution in [3.05, 3.63) is 89.9 Å². The standard InChI is InChI=1S/C29H31N5O2/c1-3-36-24-9-10-26-25(19-24)20(2)31-29(32-26)34-17-13-23(14-18-34)28(35)33-27(21-7-5-4-6-8-21)22-11-15-30-16-12-22/h4-12,15-16,19,23,27H,3,13-14,17-18H2,1-2H3,(H,33,35)/t27-/m0/s1. The summed E-state index contributed by atoms with van der Waals surface area (Å²) in [5.74, 6) is 1.59. The van der Waals surface area contributed by atoms with Gasteiger partial charge in [0, 0.05) is 36.8 Å². The van der Waals surface area contributed by atoms with Crippen LogP contribution >= 0.6 is 0 Å². The van der Waals surface area contributed by atoms with Crippen LogP contribution in [0.15, 0.2) is 73.1 Å². The number of nitrogens with zero attached hydrogens (tertiary/aromatic N) is 4. The molecule has 1 saturated heterocycles. The average molecular weight is 482 g/mol. The number of carbonyl (C=O) groups is 1. The third-order valence-corrected chi connectivity index (χ3v) is 6.76. The second-order valence-corrected chi connectivity index (χ2v) is 9.12. The molecule has 0 spiro atoms. The zero-order valence-electron chi connectivity index (χ0n) is 20.7. The number of amides is 1. The lowest BCUT2D eigenvalue weighted by Crippen LogP contribution is -2.42. The first kappa shape index (κ1) is 23.7. The molecular weight excluding hydrogens is 450 g/mol. The van der Waals surface area contributed by atoms with Crippen molar-refractivity contribution < 1.29 is 9.53 Å². The molecule has 4 aromatic rings. The first-order chi connectivity index (χ1) is 17.6. The largest absolute Gasteiger partial charge is 0.494 e. The fourth-order valence-electron chi connectivity index (χ4n) is 4.81. The summed E-state index contributed by atoms with van der Waals surface area (Å²) < 4.78 is 5.63. The molecule has 1 aliphatic rings. The zero-order chi connectivity index (χ0) is 24.9. The maximum Gasteiger partial charge on any atom is 0.226 e. The number of piperidine rings is 1. The number of ether oxygens (including phenoxy) is 1. The number of hydrogen-bond donors (Lipinski definition) is 1. The van der Waals surface area contributed by atoms with Crippen molar-refractivity contribution in [2.45, 2.75) is 32.7 Å². The summed E-state index contributed by atoms with van der Waals surface area (Å²) in [6.45, 7) is 6.09. The third-order valence-electron chi connectivity index (χ3n) is 6.76. The molecule has 0 unspecified atom stereocenters. The molecule has 2 aromatic heterocycles. The van der Waals surface area contributed by atoms with Gasteiger partial charge in [-0.3, -0.25) is 9.78 Å². The predicted molar refractivity (Wildman–Crippen MR) is 141 cm³/mol. The van der Waals surface area contributed by atoms with Crippen molar-refractivity contribution in [1.82, 2.24) is 20.3 Å². The summed E-state index contributed by atoms with van der Waals surface area (Å²) >= 11 is 0. The molecular formula is C29H31N5O2.